The van der Waals surface area contributed by atoms with Crippen molar-refractivity contribution in [2.45, 2.75) is 13.8 Å². The van der Waals surface area contributed by atoms with Gasteiger partial charge in [-0.1, -0.05) is 46.3 Å². The minimum atomic E-state index is 0.844. The largest absolute Gasteiger partial charge is 0.497 e. The monoisotopic (exact) mass is 336 g/mol. The van der Waals surface area contributed by atoms with Gasteiger partial charge >= 0.3 is 0 Å². The molecule has 0 aliphatic heterocycles. The summed E-state index contributed by atoms with van der Waals surface area (Å²) in [5.74, 6) is 0.863. The molecule has 0 radical (unpaired) electrons. The maximum atomic E-state index is 5.16. The third kappa shape index (κ3) is 5.35. The van der Waals surface area contributed by atoms with Crippen LogP contribution >= 0.6 is 15.9 Å². The predicted molar refractivity (Wildman–Crippen MR) is 88.3 cm³/mol. The van der Waals surface area contributed by atoms with Crippen molar-refractivity contribution in [3.63, 3.8) is 0 Å². The van der Waals surface area contributed by atoms with Gasteiger partial charge in [0.2, 0.25) is 0 Å². The zero-order chi connectivity index (χ0) is 14.8. The third-order valence-corrected chi connectivity index (χ3v) is 3.33. The lowest BCUT2D eigenvalue weighted by atomic mass is 10.1. The Kier molecular flexibility index (Phi) is 8.00. The van der Waals surface area contributed by atoms with Crippen molar-refractivity contribution in [1.82, 2.24) is 0 Å². The summed E-state index contributed by atoms with van der Waals surface area (Å²) >= 11 is 3.54. The summed E-state index contributed by atoms with van der Waals surface area (Å²) in [6, 6.07) is 16.3. The normalized spacial score (nSPS) is 9.60. The van der Waals surface area contributed by atoms with Gasteiger partial charge in [0.15, 0.2) is 0 Å². The van der Waals surface area contributed by atoms with Crippen LogP contribution < -0.4 is 4.74 Å². The summed E-state index contributed by atoms with van der Waals surface area (Å²) in [4.78, 5) is 0. The van der Waals surface area contributed by atoms with Gasteiger partial charge in [-0.15, -0.1) is 0 Å². The Morgan fingerprint density at radius 3 is 2.05 bits per heavy atom. The van der Waals surface area contributed by atoms with Gasteiger partial charge in [0.05, 0.1) is 7.11 Å². The van der Waals surface area contributed by atoms with E-state index in [1.807, 2.05) is 44.2 Å². The number of methoxy groups -OCH3 is 1. The second kappa shape index (κ2) is 9.56. The molecule has 2 aromatic carbocycles. The zero-order valence-electron chi connectivity index (χ0n) is 12.2. The lowest BCUT2D eigenvalue weighted by molar-refractivity contribution is 0.162. The minimum Gasteiger partial charge on any atom is -0.497 e. The summed E-state index contributed by atoms with van der Waals surface area (Å²) in [6.45, 7) is 5.67. The molecule has 2 nitrogen and oxygen atoms in total. The molecular formula is C17H21BrO2. The van der Waals surface area contributed by atoms with Gasteiger partial charge in [-0.2, -0.15) is 0 Å². The second-order valence-corrected chi connectivity index (χ2v) is 4.85. The topological polar surface area (TPSA) is 18.5 Å². The number of benzene rings is 2. The van der Waals surface area contributed by atoms with Crippen LogP contribution in [0.25, 0.3) is 11.1 Å². The van der Waals surface area contributed by atoms with E-state index in [-0.39, 0.29) is 0 Å². The van der Waals surface area contributed by atoms with Gasteiger partial charge in [-0.25, -0.2) is 0 Å². The van der Waals surface area contributed by atoms with Gasteiger partial charge in [0.25, 0.3) is 0 Å². The molecule has 0 saturated carbocycles. The molecule has 0 aliphatic rings. The van der Waals surface area contributed by atoms with E-state index in [9.17, 15) is 0 Å². The number of ether oxygens (including phenoxy) is 2. The highest BCUT2D eigenvalue weighted by Gasteiger charge is 2.03. The predicted octanol–water partition coefficient (Wildman–Crippen LogP) is 5.17. The van der Waals surface area contributed by atoms with Crippen molar-refractivity contribution in [1.29, 1.82) is 0 Å². The molecule has 0 aliphatic carbocycles. The fraction of sp³-hybridized carbons (Fsp3) is 0.294. The smallest absolute Gasteiger partial charge is 0.120 e. The fourth-order valence-electron chi connectivity index (χ4n) is 1.68. The summed E-state index contributed by atoms with van der Waals surface area (Å²) in [5.41, 5.74) is 2.38. The minimum absolute atomic E-state index is 0.844. The Hall–Kier alpha value is -1.32. The molecule has 0 atom stereocenters. The Bertz CT molecular complexity index is 496. The van der Waals surface area contributed by atoms with Crippen molar-refractivity contribution in [2.24, 2.45) is 0 Å². The van der Waals surface area contributed by atoms with Crippen LogP contribution in [0.4, 0.5) is 0 Å². The van der Waals surface area contributed by atoms with Gasteiger partial charge in [0.1, 0.15) is 5.75 Å². The molecule has 0 N–H and O–H groups in total. The van der Waals surface area contributed by atoms with Crippen LogP contribution in [0.5, 0.6) is 5.75 Å². The van der Waals surface area contributed by atoms with Crippen LogP contribution in [0, 0.1) is 0 Å². The van der Waals surface area contributed by atoms with Crippen molar-refractivity contribution in [3.05, 3.63) is 53.0 Å². The first kappa shape index (κ1) is 16.7. The average molecular weight is 337 g/mol. The van der Waals surface area contributed by atoms with Crippen molar-refractivity contribution in [3.8, 4) is 16.9 Å². The van der Waals surface area contributed by atoms with Crippen molar-refractivity contribution >= 4 is 15.9 Å². The van der Waals surface area contributed by atoms with E-state index in [0.29, 0.717) is 0 Å². The lowest BCUT2D eigenvalue weighted by Gasteiger charge is -2.06. The molecule has 0 heterocycles. The first-order chi connectivity index (χ1) is 9.72. The van der Waals surface area contributed by atoms with Crippen LogP contribution in [0.2, 0.25) is 0 Å². The van der Waals surface area contributed by atoms with E-state index < -0.39 is 0 Å². The molecule has 0 bridgehead atoms. The molecular weight excluding hydrogens is 316 g/mol. The Balaban J connectivity index is 0.000000347. The molecule has 0 saturated heterocycles. The Morgan fingerprint density at radius 1 is 0.950 bits per heavy atom. The van der Waals surface area contributed by atoms with Gasteiger partial charge in [-0.3, -0.25) is 0 Å². The highest BCUT2D eigenvalue weighted by molar-refractivity contribution is 9.10. The SMILES string of the molecule is CCOCC.COc1ccc(-c2ccccc2)c(Br)c1. The van der Waals surface area contributed by atoms with Crippen LogP contribution in [-0.2, 0) is 4.74 Å². The standard InChI is InChI=1S/C13H11BrO.C4H10O/c1-15-11-7-8-12(13(14)9-11)10-5-3-2-4-6-10;1-3-5-4-2/h2-9H,1H3;3-4H2,1-2H3. The van der Waals surface area contributed by atoms with Crippen LogP contribution in [0.15, 0.2) is 53.0 Å². The molecule has 3 heteroatoms. The number of hydrogen-bond donors (Lipinski definition) is 0. The van der Waals surface area contributed by atoms with Crippen LogP contribution in [0.3, 0.4) is 0 Å². The number of halogens is 1. The third-order valence-electron chi connectivity index (χ3n) is 2.67. The molecule has 20 heavy (non-hydrogen) atoms. The van der Waals surface area contributed by atoms with E-state index in [1.165, 1.54) is 11.1 Å². The maximum absolute atomic E-state index is 5.16. The number of hydrogen-bond acceptors (Lipinski definition) is 2. The van der Waals surface area contributed by atoms with E-state index in [0.717, 1.165) is 23.4 Å². The van der Waals surface area contributed by atoms with Crippen molar-refractivity contribution in [2.75, 3.05) is 20.3 Å². The van der Waals surface area contributed by atoms with Crippen molar-refractivity contribution < 1.29 is 9.47 Å². The summed E-state index contributed by atoms with van der Waals surface area (Å²) in [6.07, 6.45) is 0. The maximum Gasteiger partial charge on any atom is 0.120 e. The fourth-order valence-corrected chi connectivity index (χ4v) is 2.27. The molecule has 108 valence electrons. The molecule has 0 amide bonds. The first-order valence-corrected chi connectivity index (χ1v) is 7.48. The van der Waals surface area contributed by atoms with E-state index >= 15 is 0 Å². The Morgan fingerprint density at radius 2 is 1.60 bits per heavy atom. The molecule has 0 fully saturated rings. The van der Waals surface area contributed by atoms with E-state index in [4.69, 9.17) is 9.47 Å². The Labute approximate surface area is 129 Å². The van der Waals surface area contributed by atoms with Crippen LogP contribution in [0.1, 0.15) is 13.8 Å². The zero-order valence-corrected chi connectivity index (χ0v) is 13.8. The quantitative estimate of drug-likeness (QED) is 0.766. The average Bonchev–Trinajstić information content (AvgIpc) is 2.49. The summed E-state index contributed by atoms with van der Waals surface area (Å²) in [7, 11) is 1.67. The van der Waals surface area contributed by atoms with E-state index in [1.54, 1.807) is 7.11 Å². The molecule has 2 aromatic rings. The molecule has 0 unspecified atom stereocenters. The van der Waals surface area contributed by atoms with Crippen LogP contribution in [-0.4, -0.2) is 20.3 Å². The summed E-state index contributed by atoms with van der Waals surface area (Å²) in [5, 5.41) is 0. The number of rotatable bonds is 4. The van der Waals surface area contributed by atoms with Gasteiger partial charge < -0.3 is 9.47 Å². The molecule has 2 rings (SSSR count). The second-order valence-electron chi connectivity index (χ2n) is 3.99. The first-order valence-electron chi connectivity index (χ1n) is 6.69. The van der Waals surface area contributed by atoms with E-state index in [2.05, 4.69) is 34.1 Å². The summed E-state index contributed by atoms with van der Waals surface area (Å²) < 4.78 is 11.0. The molecule has 0 aromatic heterocycles. The molecule has 0 spiro atoms. The van der Waals surface area contributed by atoms with Gasteiger partial charge in [-0.05, 0) is 43.2 Å². The lowest BCUT2D eigenvalue weighted by Crippen LogP contribution is -1.84. The highest BCUT2D eigenvalue weighted by Crippen LogP contribution is 2.31. The highest BCUT2D eigenvalue weighted by atomic mass is 79.9. The van der Waals surface area contributed by atoms with Gasteiger partial charge in [0, 0.05) is 17.7 Å².